The predicted molar refractivity (Wildman–Crippen MR) is 108 cm³/mol. The number of aryl methyl sites for hydroxylation is 1. The summed E-state index contributed by atoms with van der Waals surface area (Å²) >= 11 is 0. The number of ketones is 1. The molecule has 156 valence electrons. The molecule has 2 aromatic rings. The SMILES string of the molecule is CCCNC(=O)C(=O)c1[nH]c(C)c(C(=O)OCC)c1-c1ccc(OC)cc1OC. The van der Waals surface area contributed by atoms with E-state index < -0.39 is 17.7 Å². The highest BCUT2D eigenvalue weighted by Crippen LogP contribution is 2.39. The molecule has 2 N–H and O–H groups in total. The lowest BCUT2D eigenvalue weighted by molar-refractivity contribution is -0.117. The van der Waals surface area contributed by atoms with Crippen LogP contribution in [0.2, 0.25) is 0 Å². The highest BCUT2D eigenvalue weighted by molar-refractivity contribution is 6.44. The fraction of sp³-hybridized carbons (Fsp3) is 0.381. The summed E-state index contributed by atoms with van der Waals surface area (Å²) in [6, 6.07) is 4.99. The van der Waals surface area contributed by atoms with E-state index in [0.717, 1.165) is 0 Å². The molecule has 0 spiro atoms. The topological polar surface area (TPSA) is 107 Å². The van der Waals surface area contributed by atoms with Gasteiger partial charge in [0, 0.05) is 29.4 Å². The zero-order valence-corrected chi connectivity index (χ0v) is 17.3. The molecule has 0 saturated carbocycles. The number of esters is 1. The summed E-state index contributed by atoms with van der Waals surface area (Å²) in [5, 5.41) is 2.56. The molecule has 0 aliphatic carbocycles. The van der Waals surface area contributed by atoms with Crippen LogP contribution in [0, 0.1) is 6.92 Å². The smallest absolute Gasteiger partial charge is 0.340 e. The van der Waals surface area contributed by atoms with Crippen LogP contribution >= 0.6 is 0 Å². The molecule has 1 aromatic carbocycles. The molecule has 0 radical (unpaired) electrons. The van der Waals surface area contributed by atoms with E-state index in [2.05, 4.69) is 10.3 Å². The molecule has 1 heterocycles. The van der Waals surface area contributed by atoms with Gasteiger partial charge in [-0.25, -0.2) is 4.79 Å². The molecular formula is C21H26N2O6. The molecular weight excluding hydrogens is 376 g/mol. The van der Waals surface area contributed by atoms with Crippen molar-refractivity contribution >= 4 is 17.7 Å². The van der Waals surface area contributed by atoms with E-state index in [9.17, 15) is 14.4 Å². The van der Waals surface area contributed by atoms with Crippen molar-refractivity contribution in [1.29, 1.82) is 0 Å². The first kappa shape index (κ1) is 22.0. The van der Waals surface area contributed by atoms with Gasteiger partial charge in [0.2, 0.25) is 0 Å². The third-order valence-electron chi connectivity index (χ3n) is 4.31. The maximum absolute atomic E-state index is 12.9. The predicted octanol–water partition coefficient (Wildman–Crippen LogP) is 2.89. The molecule has 0 atom stereocenters. The number of benzene rings is 1. The minimum Gasteiger partial charge on any atom is -0.497 e. The minimum absolute atomic E-state index is 0.00243. The van der Waals surface area contributed by atoms with Crippen molar-refractivity contribution in [3.8, 4) is 22.6 Å². The van der Waals surface area contributed by atoms with Crippen molar-refractivity contribution in [3.05, 3.63) is 35.2 Å². The summed E-state index contributed by atoms with van der Waals surface area (Å²) in [6.45, 7) is 5.76. The third kappa shape index (κ3) is 4.59. The van der Waals surface area contributed by atoms with E-state index in [-0.39, 0.29) is 23.4 Å². The van der Waals surface area contributed by atoms with E-state index in [4.69, 9.17) is 14.2 Å². The van der Waals surface area contributed by atoms with E-state index in [1.165, 1.54) is 14.2 Å². The second kappa shape index (κ2) is 9.77. The number of ether oxygens (including phenoxy) is 3. The van der Waals surface area contributed by atoms with E-state index in [1.54, 1.807) is 32.0 Å². The fourth-order valence-electron chi connectivity index (χ4n) is 2.96. The standard InChI is InChI=1S/C21H26N2O6/c1-6-10-22-20(25)19(24)18-17(16(12(3)23-18)21(26)29-7-2)14-9-8-13(27-4)11-15(14)28-5/h8-9,11,23H,6-7,10H2,1-5H3,(H,22,25). The summed E-state index contributed by atoms with van der Waals surface area (Å²) in [5.74, 6) is -1.19. The van der Waals surface area contributed by atoms with Crippen molar-refractivity contribution in [3.63, 3.8) is 0 Å². The van der Waals surface area contributed by atoms with Gasteiger partial charge in [0.25, 0.3) is 11.7 Å². The number of H-pyrrole nitrogens is 1. The van der Waals surface area contributed by atoms with Crippen LogP contribution in [-0.2, 0) is 9.53 Å². The number of aromatic nitrogens is 1. The first-order valence-corrected chi connectivity index (χ1v) is 9.34. The Morgan fingerprint density at radius 3 is 2.41 bits per heavy atom. The number of Topliss-reactive ketones (excluding diaryl/α,β-unsaturated/α-hetero) is 1. The van der Waals surface area contributed by atoms with E-state index in [0.29, 0.717) is 35.7 Å². The Morgan fingerprint density at radius 1 is 1.10 bits per heavy atom. The third-order valence-corrected chi connectivity index (χ3v) is 4.31. The first-order valence-electron chi connectivity index (χ1n) is 9.34. The van der Waals surface area contributed by atoms with E-state index >= 15 is 0 Å². The van der Waals surface area contributed by atoms with Crippen LogP contribution in [0.4, 0.5) is 0 Å². The summed E-state index contributed by atoms with van der Waals surface area (Å²) in [6.07, 6.45) is 0.690. The molecule has 0 aliphatic heterocycles. The monoisotopic (exact) mass is 402 g/mol. The van der Waals surface area contributed by atoms with Crippen LogP contribution < -0.4 is 14.8 Å². The molecule has 1 aromatic heterocycles. The Morgan fingerprint density at radius 2 is 1.83 bits per heavy atom. The number of hydrogen-bond donors (Lipinski definition) is 2. The van der Waals surface area contributed by atoms with Crippen LogP contribution in [0.25, 0.3) is 11.1 Å². The average Bonchev–Trinajstić information content (AvgIpc) is 3.07. The lowest BCUT2D eigenvalue weighted by Crippen LogP contribution is -2.32. The molecule has 0 bridgehead atoms. The molecule has 8 nitrogen and oxygen atoms in total. The summed E-state index contributed by atoms with van der Waals surface area (Å²) in [5.41, 5.74) is 1.33. The van der Waals surface area contributed by atoms with Crippen LogP contribution in [0.15, 0.2) is 18.2 Å². The van der Waals surface area contributed by atoms with Gasteiger partial charge in [0.05, 0.1) is 26.4 Å². The second-order valence-electron chi connectivity index (χ2n) is 6.25. The van der Waals surface area contributed by atoms with Crippen LogP contribution in [0.5, 0.6) is 11.5 Å². The number of carbonyl (C=O) groups is 3. The number of amides is 1. The van der Waals surface area contributed by atoms with Crippen molar-refractivity contribution < 1.29 is 28.6 Å². The molecule has 2 rings (SSSR count). The number of rotatable bonds is 9. The maximum Gasteiger partial charge on any atom is 0.340 e. The molecule has 0 fully saturated rings. The van der Waals surface area contributed by atoms with Crippen molar-refractivity contribution in [1.82, 2.24) is 10.3 Å². The number of methoxy groups -OCH3 is 2. The lowest BCUT2D eigenvalue weighted by atomic mass is 9.97. The van der Waals surface area contributed by atoms with Crippen LogP contribution in [0.3, 0.4) is 0 Å². The summed E-state index contributed by atoms with van der Waals surface area (Å²) < 4.78 is 15.8. The number of aromatic amines is 1. The molecule has 0 unspecified atom stereocenters. The van der Waals surface area contributed by atoms with Gasteiger partial charge in [-0.05, 0) is 32.4 Å². The van der Waals surface area contributed by atoms with Gasteiger partial charge in [-0.15, -0.1) is 0 Å². The maximum atomic E-state index is 12.9. The van der Waals surface area contributed by atoms with Gasteiger partial charge >= 0.3 is 5.97 Å². The first-order chi connectivity index (χ1) is 13.9. The fourth-order valence-corrected chi connectivity index (χ4v) is 2.96. The van der Waals surface area contributed by atoms with Gasteiger partial charge in [-0.2, -0.15) is 0 Å². The average molecular weight is 402 g/mol. The molecule has 1 amide bonds. The Hall–Kier alpha value is -3.29. The zero-order valence-electron chi connectivity index (χ0n) is 17.3. The number of hydrogen-bond acceptors (Lipinski definition) is 6. The quantitative estimate of drug-likeness (QED) is 0.379. The molecule has 0 saturated heterocycles. The van der Waals surface area contributed by atoms with Gasteiger partial charge in [-0.3, -0.25) is 9.59 Å². The van der Waals surface area contributed by atoms with Crippen LogP contribution in [-0.4, -0.2) is 50.0 Å². The Labute approximate surface area is 169 Å². The van der Waals surface area contributed by atoms with E-state index in [1.807, 2.05) is 6.92 Å². The van der Waals surface area contributed by atoms with Gasteiger partial charge in [-0.1, -0.05) is 6.92 Å². The van der Waals surface area contributed by atoms with Gasteiger partial charge in [0.15, 0.2) is 0 Å². The summed E-state index contributed by atoms with van der Waals surface area (Å²) in [4.78, 5) is 40.7. The Balaban J connectivity index is 2.72. The van der Waals surface area contributed by atoms with Gasteiger partial charge < -0.3 is 24.5 Å². The zero-order chi connectivity index (χ0) is 21.6. The molecule has 0 aliphatic rings. The molecule has 8 heteroatoms. The largest absolute Gasteiger partial charge is 0.497 e. The van der Waals surface area contributed by atoms with Gasteiger partial charge in [0.1, 0.15) is 17.2 Å². The van der Waals surface area contributed by atoms with Crippen molar-refractivity contribution in [2.24, 2.45) is 0 Å². The summed E-state index contributed by atoms with van der Waals surface area (Å²) in [7, 11) is 2.99. The molecule has 29 heavy (non-hydrogen) atoms. The number of carbonyl (C=O) groups excluding carboxylic acids is 3. The Kier molecular flexibility index (Phi) is 7.41. The van der Waals surface area contributed by atoms with Crippen LogP contribution in [0.1, 0.15) is 46.8 Å². The Bertz CT molecular complexity index is 916. The van der Waals surface area contributed by atoms with Crippen molar-refractivity contribution in [2.45, 2.75) is 27.2 Å². The highest BCUT2D eigenvalue weighted by atomic mass is 16.5. The normalized spacial score (nSPS) is 10.4. The lowest BCUT2D eigenvalue weighted by Gasteiger charge is -2.13. The number of nitrogens with one attached hydrogen (secondary N) is 2. The minimum atomic E-state index is -0.773. The second-order valence-corrected chi connectivity index (χ2v) is 6.25. The highest BCUT2D eigenvalue weighted by Gasteiger charge is 2.31. The van der Waals surface area contributed by atoms with Crippen molar-refractivity contribution in [2.75, 3.05) is 27.4 Å².